The molecule has 1 saturated heterocycles. The van der Waals surface area contributed by atoms with E-state index in [-0.39, 0.29) is 54.7 Å². The Kier molecular flexibility index (Phi) is 9.02. The molecule has 146 valence electrons. The minimum atomic E-state index is -0.970. The minimum absolute atomic E-state index is 0. The van der Waals surface area contributed by atoms with E-state index in [0.717, 1.165) is 16.6 Å². The summed E-state index contributed by atoms with van der Waals surface area (Å²) in [7, 11) is 0. The molecule has 1 N–H and O–H groups in total. The van der Waals surface area contributed by atoms with Crippen LogP contribution in [0.4, 0.5) is 0 Å². The molecule has 2 aromatic rings. The molecule has 8 heteroatoms. The van der Waals surface area contributed by atoms with Crippen molar-refractivity contribution in [3.05, 3.63) is 58.3 Å². The SMILES string of the molecule is CC(CSC(=O)c1ccccc1)C(=O)N1C[C@@H](c2cccs2)C[C@H]1C(=O)O.[CaH2]. The normalized spacial score (nSPS) is 19.7. The molecule has 0 bridgehead atoms. The summed E-state index contributed by atoms with van der Waals surface area (Å²) in [4.78, 5) is 39.3. The second-order valence-electron chi connectivity index (χ2n) is 6.66. The number of carbonyl (C=O) groups excluding carboxylic acids is 2. The fourth-order valence-corrected chi connectivity index (χ4v) is 4.94. The second-order valence-corrected chi connectivity index (χ2v) is 8.63. The number of benzene rings is 1. The number of likely N-dealkylation sites (tertiary alicyclic amines) is 1. The average Bonchev–Trinajstić information content (AvgIpc) is 3.35. The van der Waals surface area contributed by atoms with Crippen molar-refractivity contribution in [2.45, 2.75) is 25.3 Å². The van der Waals surface area contributed by atoms with E-state index in [9.17, 15) is 19.5 Å². The summed E-state index contributed by atoms with van der Waals surface area (Å²) in [5.74, 6) is -1.20. The van der Waals surface area contributed by atoms with Gasteiger partial charge in [-0.3, -0.25) is 9.59 Å². The van der Waals surface area contributed by atoms with Gasteiger partial charge in [-0.1, -0.05) is 55.1 Å². The molecule has 1 aliphatic rings. The van der Waals surface area contributed by atoms with Crippen LogP contribution < -0.4 is 0 Å². The molecule has 0 saturated carbocycles. The summed E-state index contributed by atoms with van der Waals surface area (Å²) in [6.07, 6.45) is 0.435. The number of hydrogen-bond acceptors (Lipinski definition) is 5. The summed E-state index contributed by atoms with van der Waals surface area (Å²) in [5, 5.41) is 11.4. The first kappa shape index (κ1) is 23.4. The molecule has 1 amide bonds. The molecular formula is C20H23CaNO4S2. The summed E-state index contributed by atoms with van der Waals surface area (Å²) in [6, 6.07) is 12.1. The van der Waals surface area contributed by atoms with Crippen molar-refractivity contribution in [3.63, 3.8) is 0 Å². The summed E-state index contributed by atoms with van der Waals surface area (Å²) in [6.45, 7) is 2.17. The zero-order valence-electron chi connectivity index (χ0n) is 14.9. The first-order valence-corrected chi connectivity index (χ1v) is 10.6. The molecule has 2 heterocycles. The number of rotatable bonds is 6. The predicted octanol–water partition coefficient (Wildman–Crippen LogP) is 2.81. The quantitative estimate of drug-likeness (QED) is 0.692. The number of carboxylic acid groups (broad SMARTS) is 1. The molecule has 28 heavy (non-hydrogen) atoms. The number of amides is 1. The van der Waals surface area contributed by atoms with Crippen LogP contribution in [-0.2, 0) is 9.59 Å². The Bertz CT molecular complexity index is 813. The third-order valence-corrected chi connectivity index (χ3v) is 6.91. The Hall–Kier alpha value is -0.860. The molecule has 1 aromatic carbocycles. The van der Waals surface area contributed by atoms with E-state index >= 15 is 0 Å². The maximum absolute atomic E-state index is 12.9. The van der Waals surface area contributed by atoms with E-state index in [0.29, 0.717) is 24.3 Å². The van der Waals surface area contributed by atoms with Crippen LogP contribution in [0.5, 0.6) is 0 Å². The van der Waals surface area contributed by atoms with Gasteiger partial charge >= 0.3 is 43.7 Å². The molecule has 0 aliphatic carbocycles. The standard InChI is InChI=1S/C20H21NO4S2.Ca.2H/c1-13(12-27-20(25)14-6-3-2-4-7-14)18(22)21-11-15(10-16(21)19(23)24)17-8-5-9-26-17;;;/h2-9,13,15-16H,10-12H2,1H3,(H,23,24);;;/t13?,15-,16-;;;/m0.../s1. The summed E-state index contributed by atoms with van der Waals surface area (Å²) >= 11 is 2.69. The van der Waals surface area contributed by atoms with Gasteiger partial charge in [0.05, 0.1) is 0 Å². The number of nitrogens with zero attached hydrogens (tertiary/aromatic N) is 1. The van der Waals surface area contributed by atoms with Crippen molar-refractivity contribution in [2.24, 2.45) is 5.92 Å². The molecule has 5 nitrogen and oxygen atoms in total. The molecule has 3 atom stereocenters. The van der Waals surface area contributed by atoms with Crippen LogP contribution in [0.2, 0.25) is 0 Å². The number of thioether (sulfide) groups is 1. The number of hydrogen-bond donors (Lipinski definition) is 1. The van der Waals surface area contributed by atoms with Crippen LogP contribution in [0.3, 0.4) is 0 Å². The predicted molar refractivity (Wildman–Crippen MR) is 116 cm³/mol. The number of carboxylic acids is 1. The molecule has 1 aliphatic heterocycles. The molecular weight excluding hydrogens is 422 g/mol. The van der Waals surface area contributed by atoms with Crippen LogP contribution in [0.1, 0.15) is 34.5 Å². The van der Waals surface area contributed by atoms with Crippen LogP contribution in [0.15, 0.2) is 47.8 Å². The second kappa shape index (κ2) is 10.8. The fourth-order valence-electron chi connectivity index (χ4n) is 3.26. The Labute approximate surface area is 202 Å². The van der Waals surface area contributed by atoms with E-state index in [1.165, 1.54) is 4.90 Å². The topological polar surface area (TPSA) is 74.7 Å². The summed E-state index contributed by atoms with van der Waals surface area (Å²) in [5.41, 5.74) is 0.601. The van der Waals surface area contributed by atoms with Gasteiger partial charge in [0.1, 0.15) is 6.04 Å². The van der Waals surface area contributed by atoms with Gasteiger partial charge in [-0.25, -0.2) is 4.79 Å². The first-order chi connectivity index (χ1) is 13.0. The van der Waals surface area contributed by atoms with Gasteiger partial charge in [0, 0.05) is 34.6 Å². The maximum atomic E-state index is 12.9. The van der Waals surface area contributed by atoms with Gasteiger partial charge in [-0.2, -0.15) is 0 Å². The van der Waals surface area contributed by atoms with E-state index in [4.69, 9.17) is 0 Å². The van der Waals surface area contributed by atoms with E-state index < -0.39 is 17.9 Å². The fraction of sp³-hybridized carbons (Fsp3) is 0.350. The molecule has 0 spiro atoms. The van der Waals surface area contributed by atoms with Crippen LogP contribution in [0.25, 0.3) is 0 Å². The average molecular weight is 446 g/mol. The first-order valence-electron chi connectivity index (χ1n) is 8.76. The molecule has 1 fully saturated rings. The van der Waals surface area contributed by atoms with Crippen molar-refractivity contribution >= 4 is 77.8 Å². The van der Waals surface area contributed by atoms with Crippen molar-refractivity contribution in [3.8, 4) is 0 Å². The molecule has 1 unspecified atom stereocenters. The Morgan fingerprint density at radius 3 is 2.54 bits per heavy atom. The molecule has 3 rings (SSSR count). The number of thiophene rings is 1. The van der Waals surface area contributed by atoms with Crippen molar-refractivity contribution in [2.75, 3.05) is 12.3 Å². The summed E-state index contributed by atoms with van der Waals surface area (Å²) < 4.78 is 0. The van der Waals surface area contributed by atoms with Crippen molar-refractivity contribution in [1.29, 1.82) is 0 Å². The zero-order chi connectivity index (χ0) is 19.4. The molecule has 1 aromatic heterocycles. The van der Waals surface area contributed by atoms with Gasteiger partial charge in [0.2, 0.25) is 11.0 Å². The van der Waals surface area contributed by atoms with Gasteiger partial charge < -0.3 is 10.0 Å². The number of carbonyl (C=O) groups is 3. The van der Waals surface area contributed by atoms with E-state index in [1.54, 1.807) is 42.5 Å². The van der Waals surface area contributed by atoms with Gasteiger partial charge in [-0.05, 0) is 17.9 Å². The third-order valence-electron chi connectivity index (χ3n) is 4.71. The Balaban J connectivity index is 0.00000280. The van der Waals surface area contributed by atoms with Crippen molar-refractivity contribution in [1.82, 2.24) is 4.90 Å². The van der Waals surface area contributed by atoms with Crippen molar-refractivity contribution < 1.29 is 19.5 Å². The van der Waals surface area contributed by atoms with Crippen LogP contribution in [-0.4, -0.2) is 83.1 Å². The van der Waals surface area contributed by atoms with Crippen LogP contribution in [0, 0.1) is 5.92 Å². The van der Waals surface area contributed by atoms with Gasteiger partial charge in [0.15, 0.2) is 0 Å². The Morgan fingerprint density at radius 2 is 1.93 bits per heavy atom. The van der Waals surface area contributed by atoms with Gasteiger partial charge in [0.25, 0.3) is 0 Å². The third kappa shape index (κ3) is 5.60. The van der Waals surface area contributed by atoms with Gasteiger partial charge in [-0.15, -0.1) is 11.3 Å². The van der Waals surface area contributed by atoms with Crippen LogP contribution >= 0.6 is 23.1 Å². The monoisotopic (exact) mass is 445 g/mol. The number of aliphatic carboxylic acids is 1. The van der Waals surface area contributed by atoms with E-state index in [1.807, 2.05) is 23.6 Å². The molecule has 0 radical (unpaired) electrons. The Morgan fingerprint density at radius 1 is 1.21 bits per heavy atom. The zero-order valence-corrected chi connectivity index (χ0v) is 16.5. The van der Waals surface area contributed by atoms with E-state index in [2.05, 4.69) is 0 Å².